The Morgan fingerprint density at radius 2 is 2.00 bits per heavy atom. The summed E-state index contributed by atoms with van der Waals surface area (Å²) in [5.74, 6) is -0.610. The molecule has 2 fully saturated rings. The molecule has 1 amide bonds. The number of hydrogen-bond acceptors (Lipinski definition) is 4. The first kappa shape index (κ1) is 20.0. The third-order valence-electron chi connectivity index (χ3n) is 6.39. The molecule has 5 rings (SSSR count). The predicted molar refractivity (Wildman–Crippen MR) is 120 cm³/mol. The molecule has 2 aliphatic heterocycles. The fourth-order valence-corrected chi connectivity index (χ4v) is 4.64. The van der Waals surface area contributed by atoms with Gasteiger partial charge in [0.05, 0.1) is 18.7 Å². The molecule has 0 bridgehead atoms. The summed E-state index contributed by atoms with van der Waals surface area (Å²) in [5, 5.41) is 3.39. The molecule has 2 aliphatic rings. The third kappa shape index (κ3) is 4.03. The SMILES string of the molecule is Cc1ccc(F)c2cc(C(=O)Nc3cccc(N4CCC(N5CCOCC5)C4)c3)[nH]c12. The van der Waals surface area contributed by atoms with E-state index in [0.717, 1.165) is 62.8 Å². The van der Waals surface area contributed by atoms with Crippen molar-refractivity contribution in [3.05, 3.63) is 59.5 Å². The Labute approximate surface area is 181 Å². The number of rotatable bonds is 4. The van der Waals surface area contributed by atoms with Gasteiger partial charge < -0.3 is 19.9 Å². The first-order chi connectivity index (χ1) is 15.1. The fraction of sp³-hybridized carbons (Fsp3) is 0.375. The first-order valence-electron chi connectivity index (χ1n) is 10.8. The number of aromatic nitrogens is 1. The van der Waals surface area contributed by atoms with E-state index in [0.29, 0.717) is 22.6 Å². The van der Waals surface area contributed by atoms with Gasteiger partial charge in [-0.15, -0.1) is 0 Å². The molecule has 0 radical (unpaired) electrons. The van der Waals surface area contributed by atoms with E-state index in [1.807, 2.05) is 25.1 Å². The van der Waals surface area contributed by atoms with Gasteiger partial charge in [-0.1, -0.05) is 12.1 Å². The van der Waals surface area contributed by atoms with Crippen LogP contribution in [-0.2, 0) is 4.74 Å². The Kier molecular flexibility index (Phi) is 5.38. The average molecular weight is 423 g/mol. The lowest BCUT2D eigenvalue weighted by Gasteiger charge is -2.32. The van der Waals surface area contributed by atoms with Gasteiger partial charge in [-0.3, -0.25) is 9.69 Å². The van der Waals surface area contributed by atoms with Crippen molar-refractivity contribution in [3.8, 4) is 0 Å². The van der Waals surface area contributed by atoms with Crippen LogP contribution in [0.4, 0.5) is 15.8 Å². The lowest BCUT2D eigenvalue weighted by molar-refractivity contribution is 0.0209. The average Bonchev–Trinajstić information content (AvgIpc) is 3.46. The van der Waals surface area contributed by atoms with Gasteiger partial charge >= 0.3 is 0 Å². The highest BCUT2D eigenvalue weighted by Gasteiger charge is 2.29. The number of carbonyl (C=O) groups is 1. The van der Waals surface area contributed by atoms with Crippen molar-refractivity contribution < 1.29 is 13.9 Å². The van der Waals surface area contributed by atoms with Crippen molar-refractivity contribution >= 4 is 28.2 Å². The number of carbonyl (C=O) groups excluding carboxylic acids is 1. The van der Waals surface area contributed by atoms with E-state index in [1.54, 1.807) is 12.1 Å². The minimum atomic E-state index is -0.332. The number of aromatic amines is 1. The molecule has 1 atom stereocenters. The van der Waals surface area contributed by atoms with Crippen LogP contribution in [0.1, 0.15) is 22.5 Å². The van der Waals surface area contributed by atoms with Gasteiger partial charge in [0, 0.05) is 49.0 Å². The van der Waals surface area contributed by atoms with Gasteiger partial charge in [0.15, 0.2) is 0 Å². The number of morpholine rings is 1. The summed E-state index contributed by atoms with van der Waals surface area (Å²) in [6.07, 6.45) is 1.14. The van der Waals surface area contributed by atoms with Crippen LogP contribution in [-0.4, -0.2) is 61.2 Å². The number of aryl methyl sites for hydroxylation is 1. The number of nitrogens with zero attached hydrogens (tertiary/aromatic N) is 2. The number of H-pyrrole nitrogens is 1. The molecule has 0 aliphatic carbocycles. The molecule has 6 nitrogen and oxygen atoms in total. The molecule has 7 heteroatoms. The van der Waals surface area contributed by atoms with Crippen molar-refractivity contribution in [1.29, 1.82) is 0 Å². The second-order valence-electron chi connectivity index (χ2n) is 8.38. The lowest BCUT2D eigenvalue weighted by atomic mass is 10.1. The van der Waals surface area contributed by atoms with E-state index in [1.165, 1.54) is 6.07 Å². The molecule has 2 aromatic carbocycles. The normalized spacial score (nSPS) is 19.8. The van der Waals surface area contributed by atoms with Gasteiger partial charge in [0.2, 0.25) is 0 Å². The number of ether oxygens (including phenoxy) is 1. The minimum absolute atomic E-state index is 0.278. The number of amides is 1. The van der Waals surface area contributed by atoms with Crippen LogP contribution in [0.3, 0.4) is 0 Å². The molecule has 31 heavy (non-hydrogen) atoms. The molecule has 3 heterocycles. The van der Waals surface area contributed by atoms with Gasteiger partial charge in [0.1, 0.15) is 11.5 Å². The standard InChI is InChI=1S/C24H27FN4O2/c1-16-5-6-21(25)20-14-22(27-23(16)20)24(30)26-17-3-2-4-18(13-17)29-8-7-19(15-29)28-9-11-31-12-10-28/h2-6,13-14,19,27H,7-12,15H2,1H3,(H,26,30). The molecule has 162 valence electrons. The Hall–Kier alpha value is -2.90. The molecular weight excluding hydrogens is 395 g/mol. The molecule has 3 aromatic rings. The van der Waals surface area contributed by atoms with Gasteiger partial charge in [0.25, 0.3) is 5.91 Å². The highest BCUT2D eigenvalue weighted by atomic mass is 19.1. The van der Waals surface area contributed by atoms with E-state index < -0.39 is 0 Å². The Balaban J connectivity index is 1.29. The monoisotopic (exact) mass is 422 g/mol. The van der Waals surface area contributed by atoms with E-state index in [-0.39, 0.29) is 11.7 Å². The lowest BCUT2D eigenvalue weighted by Crippen LogP contribution is -2.44. The number of hydrogen-bond donors (Lipinski definition) is 2. The second-order valence-corrected chi connectivity index (χ2v) is 8.38. The Morgan fingerprint density at radius 3 is 2.81 bits per heavy atom. The maximum absolute atomic E-state index is 14.1. The summed E-state index contributed by atoms with van der Waals surface area (Å²) in [7, 11) is 0. The van der Waals surface area contributed by atoms with Crippen LogP contribution in [0.2, 0.25) is 0 Å². The maximum Gasteiger partial charge on any atom is 0.272 e. The molecule has 1 unspecified atom stereocenters. The summed E-state index contributed by atoms with van der Waals surface area (Å²) < 4.78 is 19.6. The number of benzene rings is 2. The quantitative estimate of drug-likeness (QED) is 0.672. The molecule has 2 saturated heterocycles. The van der Waals surface area contributed by atoms with Crippen molar-refractivity contribution in [2.24, 2.45) is 0 Å². The van der Waals surface area contributed by atoms with Crippen molar-refractivity contribution in [3.63, 3.8) is 0 Å². The first-order valence-corrected chi connectivity index (χ1v) is 10.8. The molecule has 0 spiro atoms. The highest BCUT2D eigenvalue weighted by molar-refractivity contribution is 6.06. The summed E-state index contributed by atoms with van der Waals surface area (Å²) in [6.45, 7) is 7.50. The zero-order valence-electron chi connectivity index (χ0n) is 17.7. The summed E-state index contributed by atoms with van der Waals surface area (Å²) in [6, 6.07) is 13.2. The topological polar surface area (TPSA) is 60.6 Å². The number of nitrogens with one attached hydrogen (secondary N) is 2. The molecule has 0 saturated carbocycles. The zero-order valence-corrected chi connectivity index (χ0v) is 17.7. The summed E-state index contributed by atoms with van der Waals surface area (Å²) in [4.78, 5) is 20.8. The zero-order chi connectivity index (χ0) is 21.4. The van der Waals surface area contributed by atoms with Crippen LogP contribution in [0, 0.1) is 12.7 Å². The maximum atomic E-state index is 14.1. The predicted octanol–water partition coefficient (Wildman–Crippen LogP) is 3.78. The van der Waals surface area contributed by atoms with Crippen LogP contribution in [0.5, 0.6) is 0 Å². The van der Waals surface area contributed by atoms with Gasteiger partial charge in [-0.2, -0.15) is 0 Å². The van der Waals surface area contributed by atoms with E-state index in [4.69, 9.17) is 4.74 Å². The van der Waals surface area contributed by atoms with Crippen molar-refractivity contribution in [2.45, 2.75) is 19.4 Å². The number of fused-ring (bicyclic) bond motifs is 1. The van der Waals surface area contributed by atoms with Crippen LogP contribution >= 0.6 is 0 Å². The van der Waals surface area contributed by atoms with Crippen molar-refractivity contribution in [1.82, 2.24) is 9.88 Å². The number of anilines is 2. The Morgan fingerprint density at radius 1 is 1.16 bits per heavy atom. The molecule has 2 N–H and O–H groups in total. The smallest absolute Gasteiger partial charge is 0.272 e. The van der Waals surface area contributed by atoms with E-state index in [9.17, 15) is 9.18 Å². The molecule has 1 aromatic heterocycles. The minimum Gasteiger partial charge on any atom is -0.379 e. The van der Waals surface area contributed by atoms with Crippen LogP contribution in [0.25, 0.3) is 10.9 Å². The summed E-state index contributed by atoms with van der Waals surface area (Å²) >= 11 is 0. The largest absolute Gasteiger partial charge is 0.379 e. The summed E-state index contributed by atoms with van der Waals surface area (Å²) in [5.41, 5.74) is 3.74. The highest BCUT2D eigenvalue weighted by Crippen LogP contribution is 2.27. The fourth-order valence-electron chi connectivity index (χ4n) is 4.64. The van der Waals surface area contributed by atoms with Gasteiger partial charge in [-0.25, -0.2) is 4.39 Å². The molecular formula is C24H27FN4O2. The van der Waals surface area contributed by atoms with Crippen LogP contribution < -0.4 is 10.2 Å². The second kappa shape index (κ2) is 8.32. The Bertz CT molecular complexity index is 1070. The van der Waals surface area contributed by atoms with Crippen molar-refractivity contribution in [2.75, 3.05) is 49.6 Å². The third-order valence-corrected chi connectivity index (χ3v) is 6.39. The van der Waals surface area contributed by atoms with E-state index >= 15 is 0 Å². The number of halogens is 1. The van der Waals surface area contributed by atoms with Crippen LogP contribution in [0.15, 0.2) is 42.5 Å². The van der Waals surface area contributed by atoms with E-state index in [2.05, 4.69) is 26.2 Å². The van der Waals surface area contributed by atoms with Gasteiger partial charge in [-0.05, 0) is 49.2 Å².